The van der Waals surface area contributed by atoms with Crippen LogP contribution in [0.3, 0.4) is 0 Å². The van der Waals surface area contributed by atoms with Gasteiger partial charge in [0, 0.05) is 29.1 Å². The third kappa shape index (κ3) is 3.78. The molecule has 0 aliphatic carbocycles. The summed E-state index contributed by atoms with van der Waals surface area (Å²) in [5.74, 6) is -0.537. The van der Waals surface area contributed by atoms with Gasteiger partial charge in [-0.25, -0.2) is 0 Å². The molecule has 0 fully saturated rings. The van der Waals surface area contributed by atoms with Crippen molar-refractivity contribution in [2.24, 2.45) is 0 Å². The number of phenolic OH excluding ortho intramolecular Hbond substituents is 1. The SMILES string of the molecule is CCCCNc1ccc(S(=O)(=O)O)c2cc(S(=O)(=O)O)cc(O)c12. The Bertz CT molecular complexity index is 982. The third-order valence-corrected chi connectivity index (χ3v) is 5.19. The number of unbranched alkanes of at least 4 members (excludes halogenated alkanes) is 1. The molecular weight excluding hydrogens is 358 g/mol. The molecule has 4 N–H and O–H groups in total. The molecule has 0 bridgehead atoms. The Hall–Kier alpha value is -1.88. The molecule has 0 saturated heterocycles. The first-order chi connectivity index (χ1) is 11.1. The molecule has 0 aliphatic rings. The van der Waals surface area contributed by atoms with Gasteiger partial charge < -0.3 is 10.4 Å². The van der Waals surface area contributed by atoms with E-state index in [4.69, 9.17) is 4.55 Å². The number of anilines is 1. The molecule has 2 aromatic carbocycles. The molecule has 0 amide bonds. The Kier molecular flexibility index (Phi) is 5.04. The van der Waals surface area contributed by atoms with Crippen molar-refractivity contribution in [1.82, 2.24) is 0 Å². The van der Waals surface area contributed by atoms with Gasteiger partial charge in [0.2, 0.25) is 0 Å². The summed E-state index contributed by atoms with van der Waals surface area (Å²) in [4.78, 5) is -1.25. The van der Waals surface area contributed by atoms with E-state index in [1.807, 2.05) is 6.92 Å². The molecule has 0 spiro atoms. The highest BCUT2D eigenvalue weighted by Gasteiger charge is 2.21. The summed E-state index contributed by atoms with van der Waals surface area (Å²) in [7, 11) is -9.34. The number of nitrogens with one attached hydrogen (secondary N) is 1. The summed E-state index contributed by atoms with van der Waals surface area (Å²) in [6.07, 6.45) is 1.73. The minimum absolute atomic E-state index is 0.0358. The lowest BCUT2D eigenvalue weighted by molar-refractivity contribution is 0.470. The predicted molar refractivity (Wildman–Crippen MR) is 88.6 cm³/mol. The van der Waals surface area contributed by atoms with E-state index < -0.39 is 35.8 Å². The summed E-state index contributed by atoms with van der Waals surface area (Å²) in [6, 6.07) is 4.17. The maximum Gasteiger partial charge on any atom is 0.295 e. The Morgan fingerprint density at radius 1 is 1.04 bits per heavy atom. The average molecular weight is 375 g/mol. The van der Waals surface area contributed by atoms with Crippen LogP contribution in [0.25, 0.3) is 10.8 Å². The van der Waals surface area contributed by atoms with Crippen LogP contribution in [-0.4, -0.2) is 37.6 Å². The predicted octanol–water partition coefficient (Wildman–Crippen LogP) is 2.25. The lowest BCUT2D eigenvalue weighted by Crippen LogP contribution is -2.06. The van der Waals surface area contributed by atoms with Gasteiger partial charge in [0.1, 0.15) is 10.6 Å². The van der Waals surface area contributed by atoms with Crippen LogP contribution in [0.2, 0.25) is 0 Å². The molecule has 24 heavy (non-hydrogen) atoms. The molecule has 0 radical (unpaired) electrons. The maximum absolute atomic E-state index is 11.5. The Morgan fingerprint density at radius 3 is 2.25 bits per heavy atom. The molecule has 0 aromatic heterocycles. The molecule has 132 valence electrons. The van der Waals surface area contributed by atoms with Gasteiger partial charge in [0.15, 0.2) is 0 Å². The minimum atomic E-state index is -4.67. The molecular formula is C14H17NO7S2. The number of benzene rings is 2. The highest BCUT2D eigenvalue weighted by atomic mass is 32.2. The van der Waals surface area contributed by atoms with Gasteiger partial charge in [0.25, 0.3) is 20.2 Å². The van der Waals surface area contributed by atoms with Gasteiger partial charge in [-0.1, -0.05) is 13.3 Å². The summed E-state index contributed by atoms with van der Waals surface area (Å²) in [6.45, 7) is 2.54. The van der Waals surface area contributed by atoms with Crippen molar-refractivity contribution >= 4 is 36.7 Å². The standard InChI is InChI=1S/C14H17NO7S2/c1-2-3-6-15-11-4-5-13(24(20,21)22)10-7-9(23(17,18)19)8-12(16)14(10)11/h4-5,7-8,15-16H,2-3,6H2,1H3,(H,17,18,19)(H,20,21,22). The largest absolute Gasteiger partial charge is 0.507 e. The first-order valence-corrected chi connectivity index (χ1v) is 9.92. The molecule has 0 saturated carbocycles. The smallest absolute Gasteiger partial charge is 0.295 e. The van der Waals surface area contributed by atoms with E-state index in [1.54, 1.807) is 0 Å². The summed E-state index contributed by atoms with van der Waals surface area (Å²) in [5, 5.41) is 13.0. The second-order valence-electron chi connectivity index (χ2n) is 5.21. The van der Waals surface area contributed by atoms with E-state index in [0.717, 1.165) is 31.0 Å². The van der Waals surface area contributed by atoms with Gasteiger partial charge in [-0.3, -0.25) is 9.11 Å². The Morgan fingerprint density at radius 2 is 1.71 bits per heavy atom. The summed E-state index contributed by atoms with van der Waals surface area (Å²) >= 11 is 0. The van der Waals surface area contributed by atoms with Gasteiger partial charge in [-0.05, 0) is 24.6 Å². The van der Waals surface area contributed by atoms with E-state index in [2.05, 4.69) is 5.32 Å². The van der Waals surface area contributed by atoms with Gasteiger partial charge in [-0.15, -0.1) is 0 Å². The topological polar surface area (TPSA) is 141 Å². The Labute approximate surface area is 139 Å². The molecule has 0 heterocycles. The lowest BCUT2D eigenvalue weighted by atomic mass is 10.1. The molecule has 8 nitrogen and oxygen atoms in total. The number of hydrogen-bond acceptors (Lipinski definition) is 6. The third-order valence-electron chi connectivity index (χ3n) is 3.45. The van der Waals surface area contributed by atoms with Gasteiger partial charge in [-0.2, -0.15) is 16.8 Å². The second kappa shape index (κ2) is 6.55. The van der Waals surface area contributed by atoms with Crippen molar-refractivity contribution in [2.75, 3.05) is 11.9 Å². The zero-order valence-electron chi connectivity index (χ0n) is 12.7. The molecule has 10 heteroatoms. The Balaban J connectivity index is 2.82. The quantitative estimate of drug-likeness (QED) is 0.445. The van der Waals surface area contributed by atoms with Crippen LogP contribution in [0, 0.1) is 0 Å². The first-order valence-electron chi connectivity index (χ1n) is 7.04. The molecule has 0 atom stereocenters. The summed E-state index contributed by atoms with van der Waals surface area (Å²) < 4.78 is 64.1. The number of fused-ring (bicyclic) bond motifs is 1. The van der Waals surface area contributed by atoms with Crippen molar-refractivity contribution in [3.05, 3.63) is 24.3 Å². The van der Waals surface area contributed by atoms with Crippen LogP contribution in [-0.2, 0) is 20.2 Å². The fourth-order valence-electron chi connectivity index (χ4n) is 2.33. The van der Waals surface area contributed by atoms with Crippen LogP contribution in [0.5, 0.6) is 5.75 Å². The van der Waals surface area contributed by atoms with E-state index in [0.29, 0.717) is 12.2 Å². The number of phenols is 1. The normalized spacial score (nSPS) is 12.5. The number of rotatable bonds is 6. The lowest BCUT2D eigenvalue weighted by Gasteiger charge is -2.14. The van der Waals surface area contributed by atoms with Crippen molar-refractivity contribution in [3.8, 4) is 5.75 Å². The van der Waals surface area contributed by atoms with Crippen LogP contribution in [0.4, 0.5) is 5.69 Å². The van der Waals surface area contributed by atoms with Gasteiger partial charge >= 0.3 is 0 Å². The molecule has 2 aromatic rings. The minimum Gasteiger partial charge on any atom is -0.507 e. The maximum atomic E-state index is 11.5. The van der Waals surface area contributed by atoms with Crippen molar-refractivity contribution in [1.29, 1.82) is 0 Å². The van der Waals surface area contributed by atoms with Crippen molar-refractivity contribution in [3.63, 3.8) is 0 Å². The fraction of sp³-hybridized carbons (Fsp3) is 0.286. The summed E-state index contributed by atoms with van der Waals surface area (Å²) in [5.41, 5.74) is 0.380. The van der Waals surface area contributed by atoms with Crippen LogP contribution < -0.4 is 5.32 Å². The molecule has 0 unspecified atom stereocenters. The van der Waals surface area contributed by atoms with E-state index in [1.165, 1.54) is 6.07 Å². The van der Waals surface area contributed by atoms with E-state index in [-0.39, 0.29) is 10.8 Å². The van der Waals surface area contributed by atoms with Crippen LogP contribution >= 0.6 is 0 Å². The van der Waals surface area contributed by atoms with Crippen molar-refractivity contribution in [2.45, 2.75) is 29.6 Å². The zero-order valence-corrected chi connectivity index (χ0v) is 14.4. The highest BCUT2D eigenvalue weighted by Crippen LogP contribution is 2.37. The van der Waals surface area contributed by atoms with E-state index in [9.17, 15) is 26.5 Å². The monoisotopic (exact) mass is 375 g/mol. The number of hydrogen-bond donors (Lipinski definition) is 4. The highest BCUT2D eigenvalue weighted by molar-refractivity contribution is 7.86. The number of aromatic hydroxyl groups is 1. The average Bonchev–Trinajstić information content (AvgIpc) is 2.44. The van der Waals surface area contributed by atoms with Gasteiger partial charge in [0.05, 0.1) is 4.90 Å². The van der Waals surface area contributed by atoms with Crippen LogP contribution in [0.15, 0.2) is 34.1 Å². The van der Waals surface area contributed by atoms with Crippen LogP contribution in [0.1, 0.15) is 19.8 Å². The fourth-order valence-corrected chi connectivity index (χ4v) is 3.54. The first kappa shape index (κ1) is 18.5. The second-order valence-corrected chi connectivity index (χ2v) is 8.02. The molecule has 2 rings (SSSR count). The van der Waals surface area contributed by atoms with Crippen molar-refractivity contribution < 1.29 is 31.0 Å². The van der Waals surface area contributed by atoms with E-state index >= 15 is 0 Å². The molecule has 0 aliphatic heterocycles. The zero-order chi connectivity index (χ0) is 18.1.